The number of ether oxygens (including phenoxy) is 1. The second kappa shape index (κ2) is 12.3. The van der Waals surface area contributed by atoms with E-state index in [1.165, 1.54) is 24.1 Å². The van der Waals surface area contributed by atoms with Gasteiger partial charge in [-0.3, -0.25) is 10.1 Å². The summed E-state index contributed by atoms with van der Waals surface area (Å²) in [6.07, 6.45) is -2.08. The van der Waals surface area contributed by atoms with Crippen molar-refractivity contribution in [3.63, 3.8) is 0 Å². The van der Waals surface area contributed by atoms with Crippen molar-refractivity contribution in [2.45, 2.75) is 31.4 Å². The Labute approximate surface area is 213 Å². The van der Waals surface area contributed by atoms with Crippen molar-refractivity contribution in [3.8, 4) is 0 Å². The number of hydrogen-bond acceptors (Lipinski definition) is 7. The van der Waals surface area contributed by atoms with Gasteiger partial charge in [0.1, 0.15) is 12.4 Å². The van der Waals surface area contributed by atoms with Crippen molar-refractivity contribution in [2.24, 2.45) is 0 Å². The number of nitrogens with zero attached hydrogens (tertiary/aromatic N) is 2. The number of aryl methyl sites for hydroxylation is 1. The number of aliphatic hydroxyl groups is 2. The minimum Gasteiger partial charge on any atom is -0.447 e. The molecule has 0 saturated carbocycles. The summed E-state index contributed by atoms with van der Waals surface area (Å²) in [6.45, 7) is -0.900. The molecule has 0 saturated heterocycles. The largest absolute Gasteiger partial charge is 0.447 e. The van der Waals surface area contributed by atoms with Crippen LogP contribution in [0.25, 0.3) is 10.2 Å². The highest BCUT2D eigenvalue weighted by Crippen LogP contribution is 2.28. The number of hydrogen-bond donors (Lipinski definition) is 3. The molecule has 194 valence electrons. The molecule has 2 aromatic carbocycles. The van der Waals surface area contributed by atoms with Crippen LogP contribution in [0.5, 0.6) is 0 Å². The molecule has 1 aromatic heterocycles. The van der Waals surface area contributed by atoms with E-state index in [1.807, 2.05) is 0 Å². The third kappa shape index (κ3) is 7.06. The number of rotatable bonds is 10. The maximum absolute atomic E-state index is 13.6. The number of aromatic nitrogens is 1. The predicted octanol–water partition coefficient (Wildman–Crippen LogP) is 4.12. The van der Waals surface area contributed by atoms with Crippen LogP contribution >= 0.6 is 22.9 Å². The fraction of sp³-hybridized carbons (Fsp3) is 0.348. The fourth-order valence-electron chi connectivity index (χ4n) is 3.36. The Bertz CT molecular complexity index is 1210. The van der Waals surface area contributed by atoms with Crippen LogP contribution in [0.1, 0.15) is 18.4 Å². The quantitative estimate of drug-likeness (QED) is 0.353. The summed E-state index contributed by atoms with van der Waals surface area (Å²) in [5.41, 5.74) is 0.610. The van der Waals surface area contributed by atoms with Gasteiger partial charge in [-0.2, -0.15) is 0 Å². The fourth-order valence-corrected chi connectivity index (χ4v) is 4.44. The van der Waals surface area contributed by atoms with Gasteiger partial charge in [-0.25, -0.2) is 22.9 Å². The van der Waals surface area contributed by atoms with E-state index < -0.39 is 42.3 Å². The maximum Gasteiger partial charge on any atom is 0.413 e. The van der Waals surface area contributed by atoms with Gasteiger partial charge >= 0.3 is 6.09 Å². The van der Waals surface area contributed by atoms with E-state index in [1.54, 1.807) is 6.07 Å². The summed E-state index contributed by atoms with van der Waals surface area (Å²) < 4.78 is 45.9. The number of aliphatic hydroxyl groups excluding tert-OH is 2. The molecule has 3 aromatic rings. The van der Waals surface area contributed by atoms with E-state index in [-0.39, 0.29) is 47.4 Å². The number of amides is 2. The van der Waals surface area contributed by atoms with Gasteiger partial charge in [-0.15, -0.1) is 0 Å². The Hall–Kier alpha value is -2.93. The van der Waals surface area contributed by atoms with E-state index >= 15 is 0 Å². The molecule has 0 bridgehead atoms. The Morgan fingerprint density at radius 2 is 1.94 bits per heavy atom. The second-order valence-electron chi connectivity index (χ2n) is 7.92. The number of fused-ring (bicyclic) bond motifs is 1. The molecule has 3 N–H and O–H groups in total. The number of carbonyl (C=O) groups is 2. The van der Waals surface area contributed by atoms with E-state index in [0.29, 0.717) is 10.3 Å². The highest BCUT2D eigenvalue weighted by Gasteiger charge is 2.25. The van der Waals surface area contributed by atoms with E-state index in [2.05, 4.69) is 10.3 Å². The van der Waals surface area contributed by atoms with Crippen molar-refractivity contribution in [2.75, 3.05) is 25.6 Å². The van der Waals surface area contributed by atoms with Crippen LogP contribution in [0.3, 0.4) is 0 Å². The molecule has 0 unspecified atom stereocenters. The van der Waals surface area contributed by atoms with Gasteiger partial charge in [-0.1, -0.05) is 35.1 Å². The summed E-state index contributed by atoms with van der Waals surface area (Å²) in [5, 5.41) is 21.4. The number of likely N-dealkylation sites (N-methyl/N-ethyl adjacent to an activating group) is 1. The van der Waals surface area contributed by atoms with E-state index in [9.17, 15) is 33.0 Å². The van der Waals surface area contributed by atoms with Gasteiger partial charge < -0.3 is 19.8 Å². The Kier molecular flexibility index (Phi) is 9.49. The minimum absolute atomic E-state index is 0.0313. The minimum atomic E-state index is -1.18. The molecule has 0 aliphatic carbocycles. The van der Waals surface area contributed by atoms with E-state index in [4.69, 9.17) is 16.3 Å². The van der Waals surface area contributed by atoms with Gasteiger partial charge in [0.25, 0.3) is 0 Å². The zero-order chi connectivity index (χ0) is 26.4. The molecule has 2 atom stereocenters. The first-order chi connectivity index (χ1) is 17.1. The van der Waals surface area contributed by atoms with Crippen molar-refractivity contribution in [3.05, 3.63) is 58.4 Å². The molecular formula is C23H23ClF3N3O5S. The molecule has 0 fully saturated rings. The van der Waals surface area contributed by atoms with Crippen LogP contribution in [-0.2, 0) is 16.0 Å². The monoisotopic (exact) mass is 545 g/mol. The van der Waals surface area contributed by atoms with Crippen LogP contribution in [0.2, 0.25) is 5.02 Å². The molecule has 3 rings (SSSR count). The van der Waals surface area contributed by atoms with Gasteiger partial charge in [-0.05, 0) is 30.5 Å². The molecule has 0 aliphatic heterocycles. The molecule has 13 heteroatoms. The Balaban J connectivity index is 1.60. The molecule has 0 aliphatic rings. The third-order valence-electron chi connectivity index (χ3n) is 5.38. The average molecular weight is 546 g/mol. The normalized spacial score (nSPS) is 12.9. The molecule has 0 spiro atoms. The molecule has 2 amide bonds. The third-order valence-corrected chi connectivity index (χ3v) is 6.74. The summed E-state index contributed by atoms with van der Waals surface area (Å²) in [4.78, 5) is 30.3. The zero-order valence-corrected chi connectivity index (χ0v) is 20.6. The lowest BCUT2D eigenvalue weighted by Crippen LogP contribution is -2.43. The van der Waals surface area contributed by atoms with Crippen LogP contribution in [-0.4, -0.2) is 64.5 Å². The van der Waals surface area contributed by atoms with Gasteiger partial charge in [0, 0.05) is 19.5 Å². The van der Waals surface area contributed by atoms with Gasteiger partial charge in [0.15, 0.2) is 16.8 Å². The lowest BCUT2D eigenvalue weighted by molar-refractivity contribution is -0.133. The highest BCUT2D eigenvalue weighted by atomic mass is 35.5. The molecule has 36 heavy (non-hydrogen) atoms. The number of benzene rings is 2. The summed E-state index contributed by atoms with van der Waals surface area (Å²) in [7, 11) is 1.45. The first-order valence-corrected chi connectivity index (χ1v) is 11.9. The molecule has 1 heterocycles. The number of anilines is 1. The molecular weight excluding hydrogens is 523 g/mol. The first-order valence-electron chi connectivity index (χ1n) is 10.8. The van der Waals surface area contributed by atoms with Crippen molar-refractivity contribution in [1.82, 2.24) is 9.88 Å². The molecule has 0 radical (unpaired) electrons. The van der Waals surface area contributed by atoms with Crippen LogP contribution in [0, 0.1) is 17.5 Å². The van der Waals surface area contributed by atoms with Crippen LogP contribution in [0.4, 0.5) is 23.1 Å². The zero-order valence-electron chi connectivity index (χ0n) is 19.0. The molecule has 8 nitrogen and oxygen atoms in total. The van der Waals surface area contributed by atoms with Crippen LogP contribution < -0.4 is 5.32 Å². The summed E-state index contributed by atoms with van der Waals surface area (Å²) in [6, 6.07) is 5.36. The first kappa shape index (κ1) is 27.7. The van der Waals surface area contributed by atoms with Gasteiger partial charge in [0.05, 0.1) is 34.0 Å². The van der Waals surface area contributed by atoms with Crippen molar-refractivity contribution in [1.29, 1.82) is 0 Å². The Morgan fingerprint density at radius 1 is 1.22 bits per heavy atom. The summed E-state index contributed by atoms with van der Waals surface area (Å²) in [5.74, 6) is -3.09. The number of carbonyl (C=O) groups excluding carboxylic acids is 2. The number of thiazole rings is 1. The van der Waals surface area contributed by atoms with Crippen molar-refractivity contribution >= 4 is 50.3 Å². The lowest BCUT2D eigenvalue weighted by Gasteiger charge is -2.29. The predicted molar refractivity (Wildman–Crippen MR) is 129 cm³/mol. The van der Waals surface area contributed by atoms with Crippen molar-refractivity contribution < 1.29 is 37.7 Å². The van der Waals surface area contributed by atoms with Gasteiger partial charge in [0.2, 0.25) is 5.91 Å². The second-order valence-corrected chi connectivity index (χ2v) is 9.33. The topological polar surface area (TPSA) is 112 Å². The SMILES string of the molecule is CN(C(=O)CCc1cccc(F)c1Cl)[C@H](COC(=O)Nc1nc2cc(F)c(F)cc2s1)C[C@@H](O)CO. The smallest absolute Gasteiger partial charge is 0.413 e. The Morgan fingerprint density at radius 3 is 2.67 bits per heavy atom. The number of halogens is 4. The average Bonchev–Trinajstić information content (AvgIpc) is 3.22. The summed E-state index contributed by atoms with van der Waals surface area (Å²) >= 11 is 6.84. The highest BCUT2D eigenvalue weighted by molar-refractivity contribution is 7.22. The lowest BCUT2D eigenvalue weighted by atomic mass is 10.1. The van der Waals surface area contributed by atoms with E-state index in [0.717, 1.165) is 23.5 Å². The standard InChI is InChI=1S/C23H23ClF3N3O5S/c1-30(20(33)6-5-12-3-2-4-15(25)21(12)24)13(7-14(32)10-31)11-35-23(34)29-22-28-18-8-16(26)17(27)9-19(18)36-22/h2-4,8-9,13-14,31-32H,5-7,10-11H2,1H3,(H,28,29,34)/t13-,14+/m0/s1. The maximum atomic E-state index is 13.6. The van der Waals surface area contributed by atoms with Crippen LogP contribution in [0.15, 0.2) is 30.3 Å². The number of nitrogens with one attached hydrogen (secondary N) is 1.